The molecule has 0 aliphatic carbocycles. The number of hydrazone groups is 1. The second-order valence-electron chi connectivity index (χ2n) is 9.35. The van der Waals surface area contributed by atoms with Crippen molar-refractivity contribution in [3.63, 3.8) is 0 Å². The van der Waals surface area contributed by atoms with Gasteiger partial charge in [0.25, 0.3) is 5.91 Å². The Morgan fingerprint density at radius 2 is 1.84 bits per heavy atom. The molecule has 230 valence electrons. The third-order valence-corrected chi connectivity index (χ3v) is 7.24. The molecule has 0 unspecified atom stereocenters. The fourth-order valence-electron chi connectivity index (χ4n) is 4.27. The van der Waals surface area contributed by atoms with Gasteiger partial charge in [-0.3, -0.25) is 4.79 Å². The number of hydrogen-bond donors (Lipinski definition) is 3. The average Bonchev–Trinajstić information content (AvgIpc) is 3.00. The molecule has 1 aliphatic heterocycles. The number of halogens is 2. The number of esters is 1. The number of nitrogens with one attached hydrogen (secondary N) is 3. The molecule has 0 fully saturated rings. The summed E-state index contributed by atoms with van der Waals surface area (Å²) in [6, 6.07) is 15.8. The van der Waals surface area contributed by atoms with Crippen molar-refractivity contribution in [2.75, 3.05) is 20.3 Å². The first-order chi connectivity index (χ1) is 21.2. The molecule has 0 radical (unpaired) electrons. The fraction of sp³-hybridized carbons (Fsp3) is 0.226. The van der Waals surface area contributed by atoms with Crippen molar-refractivity contribution < 1.29 is 32.9 Å². The number of allylic oxidation sites excluding steroid dienone is 1. The maximum atomic E-state index is 13.2. The zero-order chi connectivity index (χ0) is 31.6. The van der Waals surface area contributed by atoms with E-state index in [9.17, 15) is 14.0 Å². The summed E-state index contributed by atoms with van der Waals surface area (Å²) in [4.78, 5) is 25.3. The van der Waals surface area contributed by atoms with Crippen LogP contribution in [0.15, 0.2) is 81.5 Å². The normalized spacial score (nSPS) is 14.5. The van der Waals surface area contributed by atoms with E-state index in [1.165, 1.54) is 25.5 Å². The quantitative estimate of drug-likeness (QED) is 0.104. The predicted molar refractivity (Wildman–Crippen MR) is 170 cm³/mol. The summed E-state index contributed by atoms with van der Waals surface area (Å²) < 4.78 is 36.2. The highest BCUT2D eigenvalue weighted by Crippen LogP contribution is 2.35. The van der Waals surface area contributed by atoms with E-state index in [1.807, 2.05) is 0 Å². The minimum atomic E-state index is -0.643. The van der Waals surface area contributed by atoms with Crippen molar-refractivity contribution in [2.45, 2.75) is 26.5 Å². The van der Waals surface area contributed by atoms with E-state index >= 15 is 0 Å². The maximum absolute atomic E-state index is 13.2. The summed E-state index contributed by atoms with van der Waals surface area (Å²) in [6.07, 6.45) is 1.45. The summed E-state index contributed by atoms with van der Waals surface area (Å²) in [7, 11) is 1.51. The lowest BCUT2D eigenvalue weighted by Gasteiger charge is -2.30. The smallest absolute Gasteiger partial charge is 0.338 e. The van der Waals surface area contributed by atoms with E-state index < -0.39 is 17.9 Å². The number of hydrogen-bond acceptors (Lipinski definition) is 8. The number of carbonyl (C=O) groups is 2. The number of nitrogens with zero attached hydrogens (tertiary/aromatic N) is 1. The molecule has 0 spiro atoms. The van der Waals surface area contributed by atoms with Gasteiger partial charge in [0.2, 0.25) is 0 Å². The van der Waals surface area contributed by atoms with Crippen molar-refractivity contribution in [2.24, 2.45) is 5.10 Å². The van der Waals surface area contributed by atoms with Gasteiger partial charge in [-0.15, -0.1) is 0 Å². The molecule has 3 aromatic carbocycles. The molecule has 0 bridgehead atoms. The molecule has 10 nitrogen and oxygen atoms in total. The summed E-state index contributed by atoms with van der Waals surface area (Å²) in [6.45, 7) is 3.55. The van der Waals surface area contributed by atoms with Crippen LogP contribution in [-0.4, -0.2) is 43.5 Å². The summed E-state index contributed by atoms with van der Waals surface area (Å²) >= 11 is 8.80. The lowest BCUT2D eigenvalue weighted by Crippen LogP contribution is -2.45. The zero-order valence-electron chi connectivity index (χ0n) is 24.1. The van der Waals surface area contributed by atoms with E-state index in [1.54, 1.807) is 62.4 Å². The van der Waals surface area contributed by atoms with Gasteiger partial charge in [-0.1, -0.05) is 30.3 Å². The second kappa shape index (κ2) is 15.3. The highest BCUT2D eigenvalue weighted by atomic mass is 79.9. The van der Waals surface area contributed by atoms with Gasteiger partial charge in [0, 0.05) is 21.3 Å². The molecule has 0 aromatic heterocycles. The van der Waals surface area contributed by atoms with E-state index in [4.69, 9.17) is 31.2 Å². The molecule has 44 heavy (non-hydrogen) atoms. The highest BCUT2D eigenvalue weighted by Gasteiger charge is 2.32. The van der Waals surface area contributed by atoms with Crippen LogP contribution >= 0.6 is 28.1 Å². The molecule has 1 amide bonds. The molecule has 0 saturated heterocycles. The Hall–Kier alpha value is -4.49. The van der Waals surface area contributed by atoms with Gasteiger partial charge in [0.05, 0.1) is 31.5 Å². The minimum absolute atomic E-state index is 0.213. The predicted octanol–water partition coefficient (Wildman–Crippen LogP) is 5.06. The van der Waals surface area contributed by atoms with Crippen molar-refractivity contribution in [1.29, 1.82) is 0 Å². The average molecular weight is 686 g/mol. The summed E-state index contributed by atoms with van der Waals surface area (Å²) in [5, 5.41) is 10.4. The molecule has 0 saturated carbocycles. The third kappa shape index (κ3) is 8.32. The molecule has 3 aromatic rings. The van der Waals surface area contributed by atoms with Gasteiger partial charge in [0.15, 0.2) is 23.2 Å². The van der Waals surface area contributed by atoms with E-state index in [-0.39, 0.29) is 25.6 Å². The summed E-state index contributed by atoms with van der Waals surface area (Å²) in [5.74, 6) is -0.0261. The fourth-order valence-corrected chi connectivity index (χ4v) is 4.97. The van der Waals surface area contributed by atoms with Crippen LogP contribution in [0.5, 0.6) is 17.2 Å². The molecular formula is C31H30BrFN4O6S. The Morgan fingerprint density at radius 1 is 1.09 bits per heavy atom. The van der Waals surface area contributed by atoms with Gasteiger partial charge in [-0.25, -0.2) is 14.6 Å². The number of carbonyl (C=O) groups excluding carboxylic acids is 2. The molecule has 3 N–H and O–H groups in total. The molecule has 13 heteroatoms. The topological polar surface area (TPSA) is 120 Å². The van der Waals surface area contributed by atoms with Crippen LogP contribution < -0.4 is 30.3 Å². The molecular weight excluding hydrogens is 655 g/mol. The number of benzene rings is 3. The van der Waals surface area contributed by atoms with Crippen LogP contribution in [0.1, 0.15) is 36.6 Å². The first-order valence-corrected chi connectivity index (χ1v) is 14.6. The van der Waals surface area contributed by atoms with Gasteiger partial charge >= 0.3 is 5.97 Å². The lowest BCUT2D eigenvalue weighted by molar-refractivity contribution is -0.139. The molecule has 1 aliphatic rings. The Kier molecular flexibility index (Phi) is 11.3. The highest BCUT2D eigenvalue weighted by molar-refractivity contribution is 9.10. The van der Waals surface area contributed by atoms with Crippen molar-refractivity contribution in [1.82, 2.24) is 16.1 Å². The molecule has 4 rings (SSSR count). The Balaban J connectivity index is 1.39. The van der Waals surface area contributed by atoms with Crippen LogP contribution in [0, 0.1) is 5.82 Å². The third-order valence-electron chi connectivity index (χ3n) is 6.34. The van der Waals surface area contributed by atoms with Crippen LogP contribution in [0.25, 0.3) is 0 Å². The van der Waals surface area contributed by atoms with E-state index in [2.05, 4.69) is 37.1 Å². The van der Waals surface area contributed by atoms with Crippen molar-refractivity contribution >= 4 is 51.4 Å². The monoisotopic (exact) mass is 684 g/mol. The number of ether oxygens (including phenoxy) is 4. The van der Waals surface area contributed by atoms with Crippen LogP contribution in [-0.2, 0) is 20.9 Å². The SMILES string of the molecule is CCOC(=O)C1=C(C)NC(=S)N[C@H]1c1ccccc1OCC(=O)NN=Cc1cc(OC)c(OCc2ccc(F)cc2)cc1Br. The number of thiocarbonyl (C=S) groups is 1. The minimum Gasteiger partial charge on any atom is -0.493 e. The first-order valence-electron chi connectivity index (χ1n) is 13.4. The van der Waals surface area contributed by atoms with Gasteiger partial charge in [-0.2, -0.15) is 5.10 Å². The Labute approximate surface area is 267 Å². The number of rotatable bonds is 12. The molecule has 1 heterocycles. The van der Waals surface area contributed by atoms with E-state index in [0.29, 0.717) is 49.2 Å². The lowest BCUT2D eigenvalue weighted by atomic mass is 9.95. The van der Waals surface area contributed by atoms with E-state index in [0.717, 1.165) is 5.56 Å². The van der Waals surface area contributed by atoms with Crippen LogP contribution in [0.3, 0.4) is 0 Å². The first kappa shape index (κ1) is 32.4. The summed E-state index contributed by atoms with van der Waals surface area (Å²) in [5.41, 5.74) is 5.38. The van der Waals surface area contributed by atoms with Gasteiger partial charge in [-0.05, 0) is 77.9 Å². The zero-order valence-corrected chi connectivity index (χ0v) is 26.5. The second-order valence-corrected chi connectivity index (χ2v) is 10.6. The van der Waals surface area contributed by atoms with Crippen LogP contribution in [0.4, 0.5) is 4.39 Å². The largest absolute Gasteiger partial charge is 0.493 e. The van der Waals surface area contributed by atoms with Gasteiger partial charge in [0.1, 0.15) is 18.2 Å². The Morgan fingerprint density at radius 3 is 2.57 bits per heavy atom. The number of para-hydroxylation sites is 1. The number of methoxy groups -OCH3 is 1. The van der Waals surface area contributed by atoms with Crippen molar-refractivity contribution in [3.05, 3.63) is 98.9 Å². The van der Waals surface area contributed by atoms with Crippen LogP contribution in [0.2, 0.25) is 0 Å². The number of amides is 1. The Bertz CT molecular complexity index is 1600. The molecule has 1 atom stereocenters. The van der Waals surface area contributed by atoms with Crippen molar-refractivity contribution in [3.8, 4) is 17.2 Å². The maximum Gasteiger partial charge on any atom is 0.338 e. The standard InChI is InChI=1S/C31H30BrFN4O6S/c1-4-41-30(39)28-18(2)35-31(44)36-29(28)22-7-5-6-8-24(22)43-17-27(38)37-34-15-20-13-25(40-3)26(14-23(20)32)42-16-19-9-11-21(33)12-10-19/h5-15,29H,4,16-17H2,1-3H3,(H,37,38)(H2,35,36,44)/t29-/m0/s1. The van der Waals surface area contributed by atoms with Gasteiger partial charge < -0.3 is 29.6 Å².